The molecule has 0 radical (unpaired) electrons. The number of benzene rings is 2. The normalized spacial score (nSPS) is 17.7. The number of carbonyl (C=O) groups excluding carboxylic acids is 1. The molecule has 1 atom stereocenters. The van der Waals surface area contributed by atoms with Crippen LogP contribution in [0.5, 0.6) is 5.75 Å². The van der Waals surface area contributed by atoms with Crippen LogP contribution in [0.4, 0.5) is 13.2 Å². The first-order valence-corrected chi connectivity index (χ1v) is 11.5. The highest BCUT2D eigenvalue weighted by atomic mass is 32.2. The van der Waals surface area contributed by atoms with Gasteiger partial charge in [-0.2, -0.15) is 0 Å². The molecule has 3 rings (SSSR count). The van der Waals surface area contributed by atoms with E-state index in [-0.39, 0.29) is 48.4 Å². The molecule has 0 N–H and O–H groups in total. The number of hydrogen-bond donors (Lipinski definition) is 0. The van der Waals surface area contributed by atoms with Gasteiger partial charge in [0.1, 0.15) is 11.8 Å². The Hall–Kier alpha value is -2.59. The minimum Gasteiger partial charge on any atom is -0.405 e. The van der Waals surface area contributed by atoms with Gasteiger partial charge in [-0.3, -0.25) is 9.69 Å². The van der Waals surface area contributed by atoms with E-state index in [0.717, 1.165) is 0 Å². The van der Waals surface area contributed by atoms with Crippen LogP contribution in [0.1, 0.15) is 17.2 Å². The average molecular weight is 456 g/mol. The molecule has 2 aromatic rings. The molecule has 1 amide bonds. The van der Waals surface area contributed by atoms with Crippen molar-refractivity contribution in [1.29, 1.82) is 0 Å². The summed E-state index contributed by atoms with van der Waals surface area (Å²) in [7, 11) is -1.64. The van der Waals surface area contributed by atoms with E-state index >= 15 is 0 Å². The highest BCUT2D eigenvalue weighted by molar-refractivity contribution is 7.91. The molecular weight excluding hydrogens is 433 g/mol. The van der Waals surface area contributed by atoms with Gasteiger partial charge in [-0.15, -0.1) is 13.2 Å². The second-order valence-corrected chi connectivity index (χ2v) is 9.65. The van der Waals surface area contributed by atoms with Gasteiger partial charge in [0.05, 0.1) is 11.5 Å². The standard InChI is InChI=1S/C21H23F3N2O4S/c1-25(15-17-9-5-6-10-18(17)30-21(22,23)24)20(27)19(16-7-3-2-4-8-16)26-11-13-31(28,29)14-12-26/h2-10,19H,11-15H2,1H3. The lowest BCUT2D eigenvalue weighted by Gasteiger charge is -2.36. The second-order valence-electron chi connectivity index (χ2n) is 7.35. The largest absolute Gasteiger partial charge is 0.573 e. The monoisotopic (exact) mass is 456 g/mol. The van der Waals surface area contributed by atoms with E-state index in [1.807, 2.05) is 0 Å². The lowest BCUT2D eigenvalue weighted by atomic mass is 10.0. The Morgan fingerprint density at radius 3 is 2.26 bits per heavy atom. The fourth-order valence-corrected chi connectivity index (χ4v) is 4.76. The zero-order valence-electron chi connectivity index (χ0n) is 16.9. The summed E-state index contributed by atoms with van der Waals surface area (Å²) < 4.78 is 65.9. The van der Waals surface area contributed by atoms with Gasteiger partial charge in [0, 0.05) is 32.2 Å². The van der Waals surface area contributed by atoms with Gasteiger partial charge in [0.25, 0.3) is 0 Å². The van der Waals surface area contributed by atoms with Crippen LogP contribution in [0.2, 0.25) is 0 Å². The summed E-state index contributed by atoms with van der Waals surface area (Å²) in [6, 6.07) is 13.8. The number of halogens is 3. The molecule has 6 nitrogen and oxygen atoms in total. The highest BCUT2D eigenvalue weighted by Gasteiger charge is 2.35. The van der Waals surface area contributed by atoms with Crippen molar-refractivity contribution in [2.75, 3.05) is 31.6 Å². The smallest absolute Gasteiger partial charge is 0.405 e. The number of hydrogen-bond acceptors (Lipinski definition) is 5. The predicted molar refractivity (Wildman–Crippen MR) is 109 cm³/mol. The maximum absolute atomic E-state index is 13.4. The van der Waals surface area contributed by atoms with Crippen LogP contribution in [0.25, 0.3) is 0 Å². The summed E-state index contributed by atoms with van der Waals surface area (Å²) >= 11 is 0. The molecule has 0 aromatic heterocycles. The van der Waals surface area contributed by atoms with Crippen molar-refractivity contribution < 1.29 is 31.1 Å². The van der Waals surface area contributed by atoms with E-state index in [9.17, 15) is 26.4 Å². The SMILES string of the molecule is CN(Cc1ccccc1OC(F)(F)F)C(=O)C(c1ccccc1)N1CCS(=O)(=O)CC1. The number of ether oxygens (including phenoxy) is 1. The Kier molecular flexibility index (Phi) is 6.90. The van der Waals surface area contributed by atoms with Crippen LogP contribution in [-0.4, -0.2) is 62.1 Å². The molecule has 0 aliphatic carbocycles. The molecule has 10 heteroatoms. The van der Waals surface area contributed by atoms with E-state index in [4.69, 9.17) is 0 Å². The van der Waals surface area contributed by atoms with E-state index in [1.54, 1.807) is 41.3 Å². The Morgan fingerprint density at radius 2 is 1.65 bits per heavy atom. The van der Waals surface area contributed by atoms with Crippen LogP contribution in [-0.2, 0) is 21.2 Å². The summed E-state index contributed by atoms with van der Waals surface area (Å²) in [5.74, 6) is -0.798. The van der Waals surface area contributed by atoms with Crippen LogP contribution < -0.4 is 4.74 Å². The van der Waals surface area contributed by atoms with Crippen LogP contribution in [0, 0.1) is 0 Å². The van der Waals surface area contributed by atoms with Gasteiger partial charge < -0.3 is 9.64 Å². The highest BCUT2D eigenvalue weighted by Crippen LogP contribution is 2.29. The Morgan fingerprint density at radius 1 is 1.06 bits per heavy atom. The molecule has 168 valence electrons. The van der Waals surface area contributed by atoms with Crippen LogP contribution in [0.3, 0.4) is 0 Å². The van der Waals surface area contributed by atoms with Crippen molar-refractivity contribution in [1.82, 2.24) is 9.80 Å². The first-order chi connectivity index (χ1) is 14.6. The molecule has 1 saturated heterocycles. The fraction of sp³-hybridized carbons (Fsp3) is 0.381. The van der Waals surface area contributed by atoms with Gasteiger partial charge in [-0.1, -0.05) is 48.5 Å². The van der Waals surface area contributed by atoms with Gasteiger partial charge in [-0.25, -0.2) is 8.42 Å². The summed E-state index contributed by atoms with van der Waals surface area (Å²) in [6.45, 7) is 0.311. The molecule has 0 bridgehead atoms. The first kappa shape index (κ1) is 23.1. The van der Waals surface area contributed by atoms with E-state index < -0.39 is 22.2 Å². The van der Waals surface area contributed by atoms with Crippen molar-refractivity contribution in [3.8, 4) is 5.75 Å². The minimum absolute atomic E-state index is 0.0460. The van der Waals surface area contributed by atoms with Crippen molar-refractivity contribution in [3.63, 3.8) is 0 Å². The fourth-order valence-electron chi connectivity index (χ4n) is 3.53. The van der Waals surface area contributed by atoms with E-state index in [2.05, 4.69) is 4.74 Å². The molecule has 0 saturated carbocycles. The summed E-state index contributed by atoms with van der Waals surface area (Å²) in [4.78, 5) is 16.5. The van der Waals surface area contributed by atoms with Gasteiger partial charge >= 0.3 is 6.36 Å². The number of amides is 1. The summed E-state index contributed by atoms with van der Waals surface area (Å²) in [5.41, 5.74) is 0.905. The Labute approximate surface area is 179 Å². The molecule has 1 heterocycles. The number of nitrogens with zero attached hydrogens (tertiary/aromatic N) is 2. The molecule has 1 aliphatic heterocycles. The third-order valence-electron chi connectivity index (χ3n) is 5.08. The van der Waals surface area contributed by atoms with Crippen LogP contribution in [0.15, 0.2) is 54.6 Å². The van der Waals surface area contributed by atoms with Gasteiger partial charge in [0.2, 0.25) is 5.91 Å². The third kappa shape index (κ3) is 6.20. The number of alkyl halides is 3. The van der Waals surface area contributed by atoms with Crippen molar-refractivity contribution in [3.05, 3.63) is 65.7 Å². The Bertz CT molecular complexity index is 999. The number of para-hydroxylation sites is 1. The second kappa shape index (κ2) is 9.27. The zero-order chi connectivity index (χ0) is 22.6. The lowest BCUT2D eigenvalue weighted by Crippen LogP contribution is -2.47. The first-order valence-electron chi connectivity index (χ1n) is 9.64. The summed E-state index contributed by atoms with van der Waals surface area (Å²) in [5, 5.41) is 0. The molecule has 1 fully saturated rings. The van der Waals surface area contributed by atoms with Gasteiger partial charge in [0.15, 0.2) is 9.84 Å². The average Bonchev–Trinajstić information content (AvgIpc) is 2.70. The van der Waals surface area contributed by atoms with Crippen LogP contribution >= 0.6 is 0 Å². The van der Waals surface area contributed by atoms with Crippen molar-refractivity contribution in [2.24, 2.45) is 0 Å². The Balaban J connectivity index is 1.83. The van der Waals surface area contributed by atoms with E-state index in [0.29, 0.717) is 5.56 Å². The lowest BCUT2D eigenvalue weighted by molar-refractivity contribution is -0.275. The topological polar surface area (TPSA) is 66.9 Å². The molecule has 1 unspecified atom stereocenters. The molecular formula is C21H23F3N2O4S. The number of likely N-dealkylation sites (N-methyl/N-ethyl adjacent to an activating group) is 1. The predicted octanol–water partition coefficient (Wildman–Crippen LogP) is 3.02. The minimum atomic E-state index is -4.84. The van der Waals surface area contributed by atoms with Crippen molar-refractivity contribution in [2.45, 2.75) is 18.9 Å². The van der Waals surface area contributed by atoms with Crippen molar-refractivity contribution >= 4 is 15.7 Å². The third-order valence-corrected chi connectivity index (χ3v) is 6.68. The van der Waals surface area contributed by atoms with E-state index in [1.165, 1.54) is 30.1 Å². The number of sulfone groups is 1. The molecule has 31 heavy (non-hydrogen) atoms. The maximum Gasteiger partial charge on any atom is 0.573 e. The molecule has 0 spiro atoms. The summed E-state index contributed by atoms with van der Waals surface area (Å²) in [6.07, 6.45) is -4.84. The number of rotatable bonds is 6. The zero-order valence-corrected chi connectivity index (χ0v) is 17.7. The molecule has 1 aliphatic rings. The quantitative estimate of drug-likeness (QED) is 0.669. The number of carbonyl (C=O) groups is 1. The maximum atomic E-state index is 13.4. The van der Waals surface area contributed by atoms with Gasteiger partial charge in [-0.05, 0) is 11.6 Å². The molecule has 2 aromatic carbocycles.